The second-order valence-corrected chi connectivity index (χ2v) is 3.01. The first kappa shape index (κ1) is 18.1. The maximum Gasteiger partial charge on any atom is -0.0216 e. The molecule has 0 atom stereocenters. The minimum atomic E-state index is 0. The molecule has 0 fully saturated rings. The van der Waals surface area contributed by atoms with Crippen molar-refractivity contribution in [1.29, 1.82) is 0 Å². The fourth-order valence-corrected chi connectivity index (χ4v) is 1.23. The standard InChI is InChI=1S/C10H14.3CH4/c1-8(2)10-7-5-4-6-9(10)3;;;/h4-8H,1-3H3;3*1H4. The van der Waals surface area contributed by atoms with Crippen LogP contribution in [0, 0.1) is 6.92 Å². The van der Waals surface area contributed by atoms with Gasteiger partial charge in [-0.25, -0.2) is 0 Å². The van der Waals surface area contributed by atoms with E-state index < -0.39 is 0 Å². The van der Waals surface area contributed by atoms with Crippen molar-refractivity contribution in [2.45, 2.75) is 49.0 Å². The van der Waals surface area contributed by atoms with Gasteiger partial charge in [-0.2, -0.15) is 0 Å². The van der Waals surface area contributed by atoms with Crippen LogP contribution >= 0.6 is 0 Å². The molecule has 0 saturated heterocycles. The van der Waals surface area contributed by atoms with Gasteiger partial charge in [-0.15, -0.1) is 0 Å². The highest BCUT2D eigenvalue weighted by Gasteiger charge is 1.99. The highest BCUT2D eigenvalue weighted by Crippen LogP contribution is 2.17. The molecule has 0 amide bonds. The maximum absolute atomic E-state index is 2.22. The first-order chi connectivity index (χ1) is 4.72. The Labute approximate surface area is 85.0 Å². The Hall–Kier alpha value is -0.780. The molecule has 1 aromatic carbocycles. The molecule has 1 rings (SSSR count). The maximum atomic E-state index is 2.22. The molecular formula is C13H26. The summed E-state index contributed by atoms with van der Waals surface area (Å²) in [4.78, 5) is 0. The van der Waals surface area contributed by atoms with Crippen molar-refractivity contribution >= 4 is 0 Å². The van der Waals surface area contributed by atoms with Crippen LogP contribution in [-0.4, -0.2) is 0 Å². The highest BCUT2D eigenvalue weighted by atomic mass is 14.0. The van der Waals surface area contributed by atoms with Crippen LogP contribution in [0.3, 0.4) is 0 Å². The summed E-state index contributed by atoms with van der Waals surface area (Å²) in [7, 11) is 0. The minimum absolute atomic E-state index is 0. The van der Waals surface area contributed by atoms with Gasteiger partial charge in [0.05, 0.1) is 0 Å². The lowest BCUT2D eigenvalue weighted by Gasteiger charge is -2.07. The van der Waals surface area contributed by atoms with Crippen molar-refractivity contribution < 1.29 is 0 Å². The largest absolute Gasteiger partial charge is 0.0776 e. The summed E-state index contributed by atoms with van der Waals surface area (Å²) in [5.74, 6) is 0.654. The van der Waals surface area contributed by atoms with E-state index in [9.17, 15) is 0 Å². The fourth-order valence-electron chi connectivity index (χ4n) is 1.23. The third-order valence-electron chi connectivity index (χ3n) is 1.81. The third kappa shape index (κ3) is 4.72. The van der Waals surface area contributed by atoms with Crippen LogP contribution in [0.25, 0.3) is 0 Å². The summed E-state index contributed by atoms with van der Waals surface area (Å²) in [6.45, 7) is 6.61. The molecule has 0 N–H and O–H groups in total. The van der Waals surface area contributed by atoms with Gasteiger partial charge in [0.15, 0.2) is 0 Å². The van der Waals surface area contributed by atoms with Crippen LogP contribution in [0.1, 0.15) is 53.2 Å². The summed E-state index contributed by atoms with van der Waals surface area (Å²) in [5.41, 5.74) is 2.86. The fraction of sp³-hybridized carbons (Fsp3) is 0.538. The lowest BCUT2D eigenvalue weighted by molar-refractivity contribution is 0.856. The smallest absolute Gasteiger partial charge is 0.0216 e. The van der Waals surface area contributed by atoms with E-state index in [0.29, 0.717) is 5.92 Å². The van der Waals surface area contributed by atoms with Crippen LogP contribution in [-0.2, 0) is 0 Å². The van der Waals surface area contributed by atoms with Crippen molar-refractivity contribution in [3.63, 3.8) is 0 Å². The Bertz CT molecular complexity index is 211. The number of rotatable bonds is 1. The molecule has 0 heterocycles. The SMILES string of the molecule is C.C.C.Cc1ccccc1C(C)C. The van der Waals surface area contributed by atoms with Crippen LogP contribution < -0.4 is 0 Å². The van der Waals surface area contributed by atoms with E-state index in [1.165, 1.54) is 11.1 Å². The van der Waals surface area contributed by atoms with Gasteiger partial charge in [0.2, 0.25) is 0 Å². The number of hydrogen-bond acceptors (Lipinski definition) is 0. The zero-order valence-electron chi connectivity index (χ0n) is 6.89. The van der Waals surface area contributed by atoms with E-state index in [1.54, 1.807) is 0 Å². The van der Waals surface area contributed by atoms with Crippen molar-refractivity contribution in [2.24, 2.45) is 0 Å². The van der Waals surface area contributed by atoms with Gasteiger partial charge in [0, 0.05) is 0 Å². The molecule has 0 aromatic heterocycles. The molecule has 13 heavy (non-hydrogen) atoms. The quantitative estimate of drug-likeness (QED) is 0.571. The van der Waals surface area contributed by atoms with Gasteiger partial charge >= 0.3 is 0 Å². The molecule has 0 nitrogen and oxygen atoms in total. The van der Waals surface area contributed by atoms with E-state index in [1.807, 2.05) is 0 Å². The Balaban J connectivity index is -0.000000333. The molecule has 0 aliphatic carbocycles. The first-order valence-corrected chi connectivity index (χ1v) is 3.77. The molecule has 0 spiro atoms. The van der Waals surface area contributed by atoms with Gasteiger partial charge in [0.1, 0.15) is 0 Å². The summed E-state index contributed by atoms with van der Waals surface area (Å²) < 4.78 is 0. The van der Waals surface area contributed by atoms with Crippen molar-refractivity contribution in [3.8, 4) is 0 Å². The third-order valence-corrected chi connectivity index (χ3v) is 1.81. The minimum Gasteiger partial charge on any atom is -0.0776 e. The molecule has 0 aliphatic heterocycles. The monoisotopic (exact) mass is 182 g/mol. The molecule has 0 aliphatic rings. The lowest BCUT2D eigenvalue weighted by atomic mass is 9.99. The van der Waals surface area contributed by atoms with Crippen molar-refractivity contribution in [3.05, 3.63) is 35.4 Å². The van der Waals surface area contributed by atoms with Gasteiger partial charge < -0.3 is 0 Å². The molecular weight excluding hydrogens is 156 g/mol. The molecule has 0 heteroatoms. The van der Waals surface area contributed by atoms with Gasteiger partial charge in [0.25, 0.3) is 0 Å². The normalized spacial score (nSPS) is 8.00. The second-order valence-electron chi connectivity index (χ2n) is 3.01. The molecule has 78 valence electrons. The van der Waals surface area contributed by atoms with Crippen LogP contribution in [0.15, 0.2) is 24.3 Å². The Morgan fingerprint density at radius 3 is 1.69 bits per heavy atom. The lowest BCUT2D eigenvalue weighted by Crippen LogP contribution is -1.89. The van der Waals surface area contributed by atoms with Gasteiger partial charge in [-0.05, 0) is 24.0 Å². The van der Waals surface area contributed by atoms with Crippen LogP contribution in [0.5, 0.6) is 0 Å². The second kappa shape index (κ2) is 7.85. The molecule has 0 unspecified atom stereocenters. The molecule has 0 bridgehead atoms. The Morgan fingerprint density at radius 1 is 0.923 bits per heavy atom. The number of aryl methyl sites for hydroxylation is 1. The predicted molar refractivity (Wildman–Crippen MR) is 65.5 cm³/mol. The van der Waals surface area contributed by atoms with Crippen molar-refractivity contribution in [2.75, 3.05) is 0 Å². The summed E-state index contributed by atoms with van der Waals surface area (Å²) in [5, 5.41) is 0. The molecule has 0 saturated carbocycles. The molecule has 0 radical (unpaired) electrons. The van der Waals surface area contributed by atoms with E-state index in [2.05, 4.69) is 45.0 Å². The van der Waals surface area contributed by atoms with Crippen molar-refractivity contribution in [1.82, 2.24) is 0 Å². The van der Waals surface area contributed by atoms with Gasteiger partial charge in [-0.3, -0.25) is 0 Å². The Morgan fingerprint density at radius 2 is 1.38 bits per heavy atom. The van der Waals surface area contributed by atoms with Gasteiger partial charge in [-0.1, -0.05) is 60.4 Å². The average molecular weight is 182 g/mol. The van der Waals surface area contributed by atoms with E-state index in [-0.39, 0.29) is 22.3 Å². The number of hydrogen-bond donors (Lipinski definition) is 0. The van der Waals surface area contributed by atoms with E-state index in [0.717, 1.165) is 0 Å². The summed E-state index contributed by atoms with van der Waals surface area (Å²) in [6, 6.07) is 8.54. The predicted octanol–water partition coefficient (Wildman–Crippen LogP) is 5.03. The summed E-state index contributed by atoms with van der Waals surface area (Å²) >= 11 is 0. The topological polar surface area (TPSA) is 0 Å². The average Bonchev–Trinajstić information content (AvgIpc) is 1.88. The Kier molecular flexibility index (Phi) is 10.9. The zero-order valence-corrected chi connectivity index (χ0v) is 6.89. The number of benzene rings is 1. The van der Waals surface area contributed by atoms with E-state index in [4.69, 9.17) is 0 Å². The highest BCUT2D eigenvalue weighted by molar-refractivity contribution is 5.27. The zero-order chi connectivity index (χ0) is 7.56. The van der Waals surface area contributed by atoms with Crippen LogP contribution in [0.4, 0.5) is 0 Å². The molecule has 1 aromatic rings. The van der Waals surface area contributed by atoms with Crippen LogP contribution in [0.2, 0.25) is 0 Å². The summed E-state index contributed by atoms with van der Waals surface area (Å²) in [6.07, 6.45) is 0. The van der Waals surface area contributed by atoms with E-state index >= 15 is 0 Å². The first-order valence-electron chi connectivity index (χ1n) is 3.77.